The Labute approximate surface area is 82.5 Å². The first-order valence-electron chi connectivity index (χ1n) is 4.51. The van der Waals surface area contributed by atoms with Gasteiger partial charge in [-0.15, -0.1) is 0 Å². The van der Waals surface area contributed by atoms with Gasteiger partial charge in [0.05, 0.1) is 0 Å². The van der Waals surface area contributed by atoms with E-state index in [1.807, 2.05) is 37.3 Å². The maximum absolute atomic E-state index is 9.63. The zero-order chi connectivity index (χ0) is 9.97. The summed E-state index contributed by atoms with van der Waals surface area (Å²) < 4.78 is 0. The molecule has 0 saturated carbocycles. The van der Waals surface area contributed by atoms with Crippen LogP contribution in [-0.2, 0) is 0 Å². The molecule has 70 valence electrons. The lowest BCUT2D eigenvalue weighted by atomic mass is 10.1. The van der Waals surface area contributed by atoms with Crippen LogP contribution < -0.4 is 0 Å². The normalized spacial score (nSPS) is 11.2. The van der Waals surface area contributed by atoms with Gasteiger partial charge in [0.2, 0.25) is 0 Å². The van der Waals surface area contributed by atoms with Crippen LogP contribution in [0, 0.1) is 0 Å². The van der Waals surface area contributed by atoms with Gasteiger partial charge < -0.3 is 5.11 Å². The molecule has 0 aliphatic rings. The van der Waals surface area contributed by atoms with Crippen molar-refractivity contribution in [2.24, 2.45) is 4.99 Å². The van der Waals surface area contributed by atoms with Gasteiger partial charge in [-0.2, -0.15) is 0 Å². The molecule has 2 rings (SSSR count). The molecule has 2 aromatic carbocycles. The Morgan fingerprint density at radius 3 is 2.43 bits per heavy atom. The van der Waals surface area contributed by atoms with Crippen molar-refractivity contribution in [2.45, 2.75) is 6.92 Å². The quantitative estimate of drug-likeness (QED) is 0.679. The van der Waals surface area contributed by atoms with E-state index < -0.39 is 0 Å². The number of phenolic OH excluding ortho intramolecular Hbond substituents is 1. The molecule has 0 radical (unpaired) electrons. The van der Waals surface area contributed by atoms with Crippen molar-refractivity contribution >= 4 is 22.7 Å². The van der Waals surface area contributed by atoms with Gasteiger partial charge in [0.25, 0.3) is 0 Å². The summed E-state index contributed by atoms with van der Waals surface area (Å²) in [5, 5.41) is 11.7. The third kappa shape index (κ3) is 1.46. The Morgan fingerprint density at radius 1 is 1.14 bits per heavy atom. The summed E-state index contributed by atoms with van der Waals surface area (Å²) in [5.41, 5.74) is 0.617. The Bertz CT molecular complexity index is 489. The van der Waals surface area contributed by atoms with Crippen LogP contribution >= 0.6 is 0 Å². The first kappa shape index (κ1) is 8.75. The monoisotopic (exact) mass is 185 g/mol. The topological polar surface area (TPSA) is 32.6 Å². The molecule has 0 fully saturated rings. The smallest absolute Gasteiger partial charge is 0.141 e. The van der Waals surface area contributed by atoms with E-state index in [-0.39, 0.29) is 5.75 Å². The summed E-state index contributed by atoms with van der Waals surface area (Å²) in [6, 6.07) is 11.5. The van der Waals surface area contributed by atoms with Crippen LogP contribution in [0.4, 0.5) is 5.69 Å². The minimum atomic E-state index is 0.224. The second-order valence-corrected chi connectivity index (χ2v) is 3.08. The summed E-state index contributed by atoms with van der Waals surface area (Å²) in [6.45, 7) is 1.83. The van der Waals surface area contributed by atoms with Crippen molar-refractivity contribution in [1.82, 2.24) is 0 Å². The van der Waals surface area contributed by atoms with Gasteiger partial charge in [0, 0.05) is 6.21 Å². The molecule has 1 N–H and O–H groups in total. The maximum Gasteiger partial charge on any atom is 0.141 e. The van der Waals surface area contributed by atoms with Gasteiger partial charge in [0.1, 0.15) is 11.4 Å². The van der Waals surface area contributed by atoms with Gasteiger partial charge in [0.15, 0.2) is 0 Å². The maximum atomic E-state index is 9.63. The number of rotatable bonds is 1. The number of aromatic hydroxyl groups is 1. The molecule has 0 bridgehead atoms. The van der Waals surface area contributed by atoms with Gasteiger partial charge in [-0.1, -0.05) is 24.3 Å². The number of benzene rings is 2. The van der Waals surface area contributed by atoms with Crippen molar-refractivity contribution in [2.75, 3.05) is 0 Å². The Kier molecular flexibility index (Phi) is 2.19. The lowest BCUT2D eigenvalue weighted by Gasteiger charge is -2.01. The van der Waals surface area contributed by atoms with E-state index in [1.54, 1.807) is 12.3 Å². The predicted octanol–water partition coefficient (Wildman–Crippen LogP) is 3.27. The van der Waals surface area contributed by atoms with Gasteiger partial charge in [-0.05, 0) is 29.8 Å². The van der Waals surface area contributed by atoms with E-state index in [0.29, 0.717) is 5.69 Å². The molecular formula is C12H11NO. The summed E-state index contributed by atoms with van der Waals surface area (Å²) in [6.07, 6.45) is 1.67. The number of nitrogens with zero attached hydrogens (tertiary/aromatic N) is 1. The molecule has 0 aromatic heterocycles. The highest BCUT2D eigenvalue weighted by Gasteiger charge is 2.00. The number of phenols is 1. The number of hydrogen-bond acceptors (Lipinski definition) is 2. The van der Waals surface area contributed by atoms with E-state index in [9.17, 15) is 5.11 Å². The van der Waals surface area contributed by atoms with Crippen LogP contribution in [0.2, 0.25) is 0 Å². The molecule has 0 saturated heterocycles. The standard InChI is InChI=1S/C12H11NO/c1-2-13-11-7-9-5-3-4-6-10(9)8-12(11)14/h2-8,14H,1H3. The molecule has 0 heterocycles. The fourth-order valence-electron chi connectivity index (χ4n) is 1.46. The minimum Gasteiger partial charge on any atom is -0.506 e. The van der Waals surface area contributed by atoms with E-state index in [0.717, 1.165) is 10.8 Å². The minimum absolute atomic E-state index is 0.224. The van der Waals surface area contributed by atoms with Crippen molar-refractivity contribution in [1.29, 1.82) is 0 Å². The van der Waals surface area contributed by atoms with Crippen LogP contribution in [0.3, 0.4) is 0 Å². The highest BCUT2D eigenvalue weighted by Crippen LogP contribution is 2.31. The van der Waals surface area contributed by atoms with Crippen LogP contribution in [-0.4, -0.2) is 11.3 Å². The molecule has 0 atom stereocenters. The molecule has 0 amide bonds. The van der Waals surface area contributed by atoms with Crippen molar-refractivity contribution < 1.29 is 5.11 Å². The second-order valence-electron chi connectivity index (χ2n) is 3.08. The SMILES string of the molecule is CC=Nc1cc2ccccc2cc1O. The highest BCUT2D eigenvalue weighted by atomic mass is 16.3. The first-order valence-corrected chi connectivity index (χ1v) is 4.51. The lowest BCUT2D eigenvalue weighted by Crippen LogP contribution is -1.74. The largest absolute Gasteiger partial charge is 0.506 e. The van der Waals surface area contributed by atoms with Crippen molar-refractivity contribution in [3.63, 3.8) is 0 Å². The summed E-state index contributed by atoms with van der Waals surface area (Å²) in [5.74, 6) is 0.224. The Hall–Kier alpha value is -1.83. The van der Waals surface area contributed by atoms with Gasteiger partial charge in [-0.3, -0.25) is 4.99 Å². The zero-order valence-corrected chi connectivity index (χ0v) is 7.94. The van der Waals surface area contributed by atoms with Crippen LogP contribution in [0.15, 0.2) is 41.4 Å². The fourth-order valence-corrected chi connectivity index (χ4v) is 1.46. The van der Waals surface area contributed by atoms with Crippen LogP contribution in [0.1, 0.15) is 6.92 Å². The van der Waals surface area contributed by atoms with Crippen molar-refractivity contribution in [3.05, 3.63) is 36.4 Å². The van der Waals surface area contributed by atoms with Crippen LogP contribution in [0.5, 0.6) is 5.75 Å². The Morgan fingerprint density at radius 2 is 1.79 bits per heavy atom. The molecule has 2 aromatic rings. The Balaban J connectivity index is 2.70. The molecule has 0 aliphatic heterocycles. The molecule has 0 aliphatic carbocycles. The molecule has 14 heavy (non-hydrogen) atoms. The molecular weight excluding hydrogens is 174 g/mol. The molecule has 2 heteroatoms. The number of hydrogen-bond donors (Lipinski definition) is 1. The van der Waals surface area contributed by atoms with E-state index in [2.05, 4.69) is 4.99 Å². The highest BCUT2D eigenvalue weighted by molar-refractivity contribution is 5.88. The average molecular weight is 185 g/mol. The third-order valence-electron chi connectivity index (χ3n) is 2.11. The van der Waals surface area contributed by atoms with Crippen LogP contribution in [0.25, 0.3) is 10.8 Å². The second kappa shape index (κ2) is 3.50. The number of fused-ring (bicyclic) bond motifs is 1. The summed E-state index contributed by atoms with van der Waals surface area (Å²) in [4.78, 5) is 4.08. The van der Waals surface area contributed by atoms with Gasteiger partial charge >= 0.3 is 0 Å². The first-order chi connectivity index (χ1) is 6.81. The van der Waals surface area contributed by atoms with E-state index >= 15 is 0 Å². The molecule has 0 spiro atoms. The summed E-state index contributed by atoms with van der Waals surface area (Å²) in [7, 11) is 0. The summed E-state index contributed by atoms with van der Waals surface area (Å²) >= 11 is 0. The van der Waals surface area contributed by atoms with E-state index in [4.69, 9.17) is 0 Å². The van der Waals surface area contributed by atoms with Crippen molar-refractivity contribution in [3.8, 4) is 5.75 Å². The molecule has 2 nitrogen and oxygen atoms in total. The fraction of sp³-hybridized carbons (Fsp3) is 0.0833. The predicted molar refractivity (Wildman–Crippen MR) is 59.4 cm³/mol. The molecule has 0 unspecified atom stereocenters. The number of aliphatic imine (C=N–C) groups is 1. The van der Waals surface area contributed by atoms with E-state index in [1.165, 1.54) is 0 Å². The lowest BCUT2D eigenvalue weighted by molar-refractivity contribution is 0.478. The van der Waals surface area contributed by atoms with Gasteiger partial charge in [-0.25, -0.2) is 0 Å². The third-order valence-corrected chi connectivity index (χ3v) is 2.11. The zero-order valence-electron chi connectivity index (χ0n) is 7.94. The average Bonchev–Trinajstić information content (AvgIpc) is 2.19.